The molecule has 2 nitrogen and oxygen atoms in total. The van der Waals surface area contributed by atoms with Gasteiger partial charge in [0.15, 0.2) is 0 Å². The molecule has 14 heavy (non-hydrogen) atoms. The molecule has 78 valence electrons. The van der Waals surface area contributed by atoms with E-state index in [0.29, 0.717) is 11.1 Å². The molecule has 1 unspecified atom stereocenters. The van der Waals surface area contributed by atoms with E-state index < -0.39 is 12.5 Å². The van der Waals surface area contributed by atoms with Crippen LogP contribution in [0.25, 0.3) is 0 Å². The van der Waals surface area contributed by atoms with Crippen LogP contribution in [0.4, 0.5) is 8.78 Å². The van der Waals surface area contributed by atoms with Crippen LogP contribution in [0, 0.1) is 6.92 Å². The minimum absolute atomic E-state index is 0.0335. The van der Waals surface area contributed by atoms with Crippen LogP contribution >= 0.6 is 0 Å². The first-order chi connectivity index (χ1) is 6.56. The van der Waals surface area contributed by atoms with Crippen molar-refractivity contribution < 1.29 is 13.9 Å². The number of aliphatic hydroxyl groups is 1. The molecular formula is C10H13F2NO. The molecule has 4 heteroatoms. The summed E-state index contributed by atoms with van der Waals surface area (Å²) in [6.45, 7) is 1.64. The maximum Gasteiger partial charge on any atom is 0.264 e. The fourth-order valence-electron chi connectivity index (χ4n) is 1.24. The summed E-state index contributed by atoms with van der Waals surface area (Å²) in [5, 5.41) is 9.36. The third-order valence-electron chi connectivity index (χ3n) is 2.15. The topological polar surface area (TPSA) is 46.2 Å². The van der Waals surface area contributed by atoms with E-state index in [1.807, 2.05) is 0 Å². The number of halogens is 2. The van der Waals surface area contributed by atoms with Gasteiger partial charge in [0, 0.05) is 12.1 Å². The molecule has 0 aliphatic carbocycles. The van der Waals surface area contributed by atoms with Crippen molar-refractivity contribution in [2.45, 2.75) is 19.5 Å². The van der Waals surface area contributed by atoms with E-state index >= 15 is 0 Å². The normalized spacial score (nSPS) is 13.3. The SMILES string of the molecule is Cc1ccc(C(O)CN)cc1C(F)F. The smallest absolute Gasteiger partial charge is 0.264 e. The first-order valence-electron chi connectivity index (χ1n) is 4.33. The van der Waals surface area contributed by atoms with Gasteiger partial charge in [0.25, 0.3) is 6.43 Å². The third kappa shape index (κ3) is 2.27. The van der Waals surface area contributed by atoms with Gasteiger partial charge in [-0.3, -0.25) is 0 Å². The van der Waals surface area contributed by atoms with E-state index in [-0.39, 0.29) is 12.1 Å². The average molecular weight is 201 g/mol. The van der Waals surface area contributed by atoms with Crippen LogP contribution < -0.4 is 5.73 Å². The van der Waals surface area contributed by atoms with Crippen molar-refractivity contribution in [3.8, 4) is 0 Å². The van der Waals surface area contributed by atoms with Crippen molar-refractivity contribution >= 4 is 0 Å². The van der Waals surface area contributed by atoms with Crippen molar-refractivity contribution in [2.75, 3.05) is 6.54 Å². The largest absolute Gasteiger partial charge is 0.387 e. The molecule has 0 fully saturated rings. The summed E-state index contributed by atoms with van der Waals surface area (Å²) in [6, 6.07) is 4.48. The summed E-state index contributed by atoms with van der Waals surface area (Å²) >= 11 is 0. The van der Waals surface area contributed by atoms with Gasteiger partial charge in [-0.2, -0.15) is 0 Å². The highest BCUT2D eigenvalue weighted by atomic mass is 19.3. The molecule has 0 saturated carbocycles. The molecule has 0 aromatic heterocycles. The molecule has 1 aromatic carbocycles. The lowest BCUT2D eigenvalue weighted by molar-refractivity contribution is 0.149. The van der Waals surface area contributed by atoms with E-state index in [4.69, 9.17) is 5.73 Å². The van der Waals surface area contributed by atoms with Crippen molar-refractivity contribution in [1.82, 2.24) is 0 Å². The average Bonchev–Trinajstić information content (AvgIpc) is 2.17. The fourth-order valence-corrected chi connectivity index (χ4v) is 1.24. The second-order valence-electron chi connectivity index (χ2n) is 3.17. The van der Waals surface area contributed by atoms with Crippen LogP contribution in [-0.2, 0) is 0 Å². The zero-order valence-corrected chi connectivity index (χ0v) is 7.87. The number of hydrogen-bond donors (Lipinski definition) is 2. The molecule has 0 amide bonds. The van der Waals surface area contributed by atoms with Gasteiger partial charge in [0.05, 0.1) is 6.10 Å². The van der Waals surface area contributed by atoms with Gasteiger partial charge in [0.1, 0.15) is 0 Å². The fraction of sp³-hybridized carbons (Fsp3) is 0.400. The van der Waals surface area contributed by atoms with E-state index in [0.717, 1.165) is 0 Å². The Bertz CT molecular complexity index is 315. The quantitative estimate of drug-likeness (QED) is 0.784. The Morgan fingerprint density at radius 2 is 2.07 bits per heavy atom. The maximum atomic E-state index is 12.5. The number of nitrogens with two attached hydrogens (primary N) is 1. The molecule has 0 saturated heterocycles. The second-order valence-corrected chi connectivity index (χ2v) is 3.17. The van der Waals surface area contributed by atoms with Gasteiger partial charge >= 0.3 is 0 Å². The number of aliphatic hydroxyl groups excluding tert-OH is 1. The lowest BCUT2D eigenvalue weighted by Crippen LogP contribution is -2.12. The lowest BCUT2D eigenvalue weighted by Gasteiger charge is -2.11. The van der Waals surface area contributed by atoms with Crippen LogP contribution in [-0.4, -0.2) is 11.7 Å². The van der Waals surface area contributed by atoms with Crippen molar-refractivity contribution in [3.63, 3.8) is 0 Å². The molecular weight excluding hydrogens is 188 g/mol. The van der Waals surface area contributed by atoms with Crippen molar-refractivity contribution in [1.29, 1.82) is 0 Å². The highest BCUT2D eigenvalue weighted by molar-refractivity contribution is 5.33. The summed E-state index contributed by atoms with van der Waals surface area (Å²) in [5.41, 5.74) is 6.14. The van der Waals surface area contributed by atoms with Crippen LogP contribution in [0.5, 0.6) is 0 Å². The van der Waals surface area contributed by atoms with Crippen LogP contribution in [0.15, 0.2) is 18.2 Å². The molecule has 0 bridgehead atoms. The van der Waals surface area contributed by atoms with Crippen molar-refractivity contribution in [2.24, 2.45) is 5.73 Å². The third-order valence-corrected chi connectivity index (χ3v) is 2.15. The van der Waals surface area contributed by atoms with Gasteiger partial charge in [-0.1, -0.05) is 12.1 Å². The summed E-state index contributed by atoms with van der Waals surface area (Å²) in [7, 11) is 0. The summed E-state index contributed by atoms with van der Waals surface area (Å²) in [4.78, 5) is 0. The Hall–Kier alpha value is -1.00. The van der Waals surface area contributed by atoms with Crippen LogP contribution in [0.2, 0.25) is 0 Å². The van der Waals surface area contributed by atoms with Gasteiger partial charge in [-0.05, 0) is 24.1 Å². The zero-order chi connectivity index (χ0) is 10.7. The molecule has 0 aliphatic heterocycles. The van der Waals surface area contributed by atoms with Crippen LogP contribution in [0.3, 0.4) is 0 Å². The molecule has 0 aliphatic rings. The maximum absolute atomic E-state index is 12.5. The summed E-state index contributed by atoms with van der Waals surface area (Å²) in [6.07, 6.45) is -3.38. The summed E-state index contributed by atoms with van der Waals surface area (Å²) < 4.78 is 24.9. The van der Waals surface area contributed by atoms with E-state index in [9.17, 15) is 13.9 Å². The van der Waals surface area contributed by atoms with Gasteiger partial charge < -0.3 is 10.8 Å². The predicted molar refractivity (Wildman–Crippen MR) is 50.2 cm³/mol. The van der Waals surface area contributed by atoms with Crippen LogP contribution in [0.1, 0.15) is 29.2 Å². The minimum Gasteiger partial charge on any atom is -0.387 e. The number of alkyl halides is 2. The first-order valence-corrected chi connectivity index (χ1v) is 4.33. The predicted octanol–water partition coefficient (Wildman–Crippen LogP) is 1.92. The Morgan fingerprint density at radius 3 is 2.57 bits per heavy atom. The molecule has 1 rings (SSSR count). The number of aryl methyl sites for hydroxylation is 1. The molecule has 1 atom stereocenters. The monoisotopic (exact) mass is 201 g/mol. The van der Waals surface area contributed by atoms with Gasteiger partial charge in [-0.15, -0.1) is 0 Å². The van der Waals surface area contributed by atoms with E-state index in [1.54, 1.807) is 19.1 Å². The second kappa shape index (κ2) is 4.48. The Labute approximate surface area is 81.4 Å². The Morgan fingerprint density at radius 1 is 1.43 bits per heavy atom. The highest BCUT2D eigenvalue weighted by Gasteiger charge is 2.13. The molecule has 0 heterocycles. The Kier molecular flexibility index (Phi) is 3.55. The Balaban J connectivity index is 3.06. The van der Waals surface area contributed by atoms with E-state index in [1.165, 1.54) is 6.07 Å². The van der Waals surface area contributed by atoms with Gasteiger partial charge in [0.2, 0.25) is 0 Å². The number of benzene rings is 1. The van der Waals surface area contributed by atoms with Crippen molar-refractivity contribution in [3.05, 3.63) is 34.9 Å². The molecule has 0 radical (unpaired) electrons. The standard InChI is InChI=1S/C10H13F2NO/c1-6-2-3-7(9(14)5-13)4-8(6)10(11)12/h2-4,9-10,14H,5,13H2,1H3. The minimum atomic E-state index is -2.51. The summed E-state index contributed by atoms with van der Waals surface area (Å²) in [5.74, 6) is 0. The lowest BCUT2D eigenvalue weighted by atomic mass is 10.0. The van der Waals surface area contributed by atoms with Gasteiger partial charge in [-0.25, -0.2) is 8.78 Å². The number of rotatable bonds is 3. The molecule has 3 N–H and O–H groups in total. The first kappa shape index (κ1) is 11.1. The van der Waals surface area contributed by atoms with E-state index in [2.05, 4.69) is 0 Å². The molecule has 1 aromatic rings. The zero-order valence-electron chi connectivity index (χ0n) is 7.87. The highest BCUT2D eigenvalue weighted by Crippen LogP contribution is 2.25. The molecule has 0 spiro atoms. The number of hydrogen-bond acceptors (Lipinski definition) is 2.